The van der Waals surface area contributed by atoms with Crippen molar-refractivity contribution in [2.45, 2.75) is 31.8 Å². The first-order valence-electron chi connectivity index (χ1n) is 13.1. The van der Waals surface area contributed by atoms with E-state index in [2.05, 4.69) is 22.9 Å². The van der Waals surface area contributed by atoms with Gasteiger partial charge in [0.15, 0.2) is 5.78 Å². The highest BCUT2D eigenvalue weighted by molar-refractivity contribution is 9.10. The highest BCUT2D eigenvalue weighted by Crippen LogP contribution is 2.50. The van der Waals surface area contributed by atoms with Gasteiger partial charge in [-0.05, 0) is 66.6 Å². The van der Waals surface area contributed by atoms with Crippen molar-refractivity contribution in [3.8, 4) is 5.75 Å². The Morgan fingerprint density at radius 2 is 1.69 bits per heavy atom. The molecule has 0 aliphatic carbocycles. The van der Waals surface area contributed by atoms with Gasteiger partial charge < -0.3 is 9.64 Å². The number of anilines is 2. The number of hydrogen-bond donors (Lipinski definition) is 0. The molecule has 4 atom stereocenters. The average Bonchev–Trinajstić information content (AvgIpc) is 3.41. The monoisotopic (exact) mass is 604 g/mol. The summed E-state index contributed by atoms with van der Waals surface area (Å²) in [5, 5.41) is 0.576. The van der Waals surface area contributed by atoms with Crippen molar-refractivity contribution in [1.29, 1.82) is 0 Å². The van der Waals surface area contributed by atoms with Gasteiger partial charge in [-0.2, -0.15) is 0 Å². The Balaban J connectivity index is 1.39. The number of ether oxygens (including phenoxy) is 1. The van der Waals surface area contributed by atoms with Crippen molar-refractivity contribution in [3.05, 3.63) is 93.4 Å². The Hall–Kier alpha value is -3.42. The number of halogens is 2. The van der Waals surface area contributed by atoms with Gasteiger partial charge in [0.1, 0.15) is 11.8 Å². The minimum Gasteiger partial charge on any atom is -0.494 e. The second-order valence-corrected chi connectivity index (χ2v) is 11.4. The summed E-state index contributed by atoms with van der Waals surface area (Å²) in [6.45, 7) is 2.71. The third-order valence-electron chi connectivity index (χ3n) is 7.73. The molecule has 3 aromatic carbocycles. The van der Waals surface area contributed by atoms with Crippen molar-refractivity contribution < 1.29 is 19.1 Å². The number of ketones is 1. The Morgan fingerprint density at radius 1 is 0.974 bits per heavy atom. The van der Waals surface area contributed by atoms with Gasteiger partial charge in [0.2, 0.25) is 11.8 Å². The first kappa shape index (κ1) is 25.8. The molecule has 0 bridgehead atoms. The lowest BCUT2D eigenvalue weighted by Crippen LogP contribution is -2.48. The van der Waals surface area contributed by atoms with Crippen LogP contribution in [0.2, 0.25) is 5.02 Å². The molecule has 2 saturated heterocycles. The fourth-order valence-corrected chi connectivity index (χ4v) is 6.35. The first-order valence-corrected chi connectivity index (χ1v) is 14.2. The number of rotatable bonds is 7. The summed E-state index contributed by atoms with van der Waals surface area (Å²) in [5.74, 6) is -1.69. The fourth-order valence-electron chi connectivity index (χ4n) is 5.91. The van der Waals surface area contributed by atoms with Gasteiger partial charge >= 0.3 is 0 Å². The van der Waals surface area contributed by atoms with Gasteiger partial charge in [0, 0.05) is 20.7 Å². The molecule has 0 saturated carbocycles. The maximum absolute atomic E-state index is 14.1. The zero-order valence-corrected chi connectivity index (χ0v) is 23.6. The smallest absolute Gasteiger partial charge is 0.240 e. The van der Waals surface area contributed by atoms with E-state index >= 15 is 0 Å². The number of carbonyl (C=O) groups is 3. The molecule has 0 spiro atoms. The Bertz CT molecular complexity index is 1490. The summed E-state index contributed by atoms with van der Waals surface area (Å²) >= 11 is 9.68. The van der Waals surface area contributed by atoms with Crippen LogP contribution in [0.25, 0.3) is 6.08 Å². The Labute approximate surface area is 240 Å². The number of hydrogen-bond acceptors (Lipinski definition) is 5. The summed E-state index contributed by atoms with van der Waals surface area (Å²) in [4.78, 5) is 45.3. The molecule has 0 unspecified atom stereocenters. The minimum absolute atomic E-state index is 0.195. The van der Waals surface area contributed by atoms with E-state index in [9.17, 15) is 14.4 Å². The largest absolute Gasteiger partial charge is 0.494 e. The molecule has 0 aromatic heterocycles. The van der Waals surface area contributed by atoms with Crippen molar-refractivity contribution >= 4 is 62.6 Å². The first-order chi connectivity index (χ1) is 18.9. The molecule has 0 N–H and O–H groups in total. The standard InChI is InChI=1S/C31H26BrClN2O4/c1-2-3-16-39-23-12-10-22(11-13-23)34-30(37)26-25-14-6-19-17-21(33)9-15-24(19)35(25)28(27(26)31(34)38)29(36)18-4-7-20(32)8-5-18/h4-15,17,25-28H,2-3,16H2,1H3/t25-,26+,27+,28+/m1/s1. The van der Waals surface area contributed by atoms with E-state index in [1.165, 1.54) is 4.90 Å². The van der Waals surface area contributed by atoms with E-state index in [1.807, 2.05) is 29.2 Å². The summed E-state index contributed by atoms with van der Waals surface area (Å²) in [7, 11) is 0. The molecule has 2 fully saturated rings. The molecule has 0 radical (unpaired) electrons. The third-order valence-corrected chi connectivity index (χ3v) is 8.49. The quantitative estimate of drug-likeness (QED) is 0.174. The van der Waals surface area contributed by atoms with Crippen LogP contribution in [-0.4, -0.2) is 36.3 Å². The molecule has 8 heteroatoms. The highest BCUT2D eigenvalue weighted by Gasteiger charge is 2.64. The average molecular weight is 606 g/mol. The van der Waals surface area contributed by atoms with Crippen LogP contribution >= 0.6 is 27.5 Å². The van der Waals surface area contributed by atoms with E-state index in [0.29, 0.717) is 28.6 Å². The van der Waals surface area contributed by atoms with Gasteiger partial charge in [-0.1, -0.05) is 65.2 Å². The van der Waals surface area contributed by atoms with Crippen LogP contribution in [0.1, 0.15) is 35.7 Å². The second-order valence-electron chi connectivity index (χ2n) is 10.0. The molecule has 198 valence electrons. The van der Waals surface area contributed by atoms with E-state index < -0.39 is 23.9 Å². The second kappa shape index (κ2) is 10.3. The van der Waals surface area contributed by atoms with Crippen LogP contribution in [0.4, 0.5) is 11.4 Å². The lowest BCUT2D eigenvalue weighted by Gasteiger charge is -2.36. The molecular formula is C31H26BrClN2O4. The van der Waals surface area contributed by atoms with Crippen molar-refractivity contribution in [2.75, 3.05) is 16.4 Å². The molecular weight excluding hydrogens is 580 g/mol. The number of Topliss-reactive ketones (excluding diaryl/α,β-unsaturated/α-hetero) is 1. The number of fused-ring (bicyclic) bond motifs is 5. The molecule has 3 aromatic rings. The number of benzene rings is 3. The Morgan fingerprint density at radius 3 is 2.41 bits per heavy atom. The third kappa shape index (κ3) is 4.38. The topological polar surface area (TPSA) is 66.9 Å². The molecule has 6 rings (SSSR count). The SMILES string of the molecule is CCCCOc1ccc(N2C(=O)[C@@H]3[C@H](C2=O)[C@@H](C(=O)c2ccc(Br)cc2)N2c4ccc(Cl)cc4C=C[C@H]32)cc1. The summed E-state index contributed by atoms with van der Waals surface area (Å²) in [6, 6.07) is 18.3. The van der Waals surface area contributed by atoms with E-state index in [-0.39, 0.29) is 17.6 Å². The summed E-state index contributed by atoms with van der Waals surface area (Å²) in [5.41, 5.74) is 2.61. The lowest BCUT2D eigenvalue weighted by atomic mass is 9.86. The number of nitrogens with zero attached hydrogens (tertiary/aromatic N) is 2. The van der Waals surface area contributed by atoms with Crippen molar-refractivity contribution in [1.82, 2.24) is 0 Å². The van der Waals surface area contributed by atoms with Crippen LogP contribution in [0.15, 0.2) is 77.3 Å². The summed E-state index contributed by atoms with van der Waals surface area (Å²) < 4.78 is 6.60. The van der Waals surface area contributed by atoms with Crippen molar-refractivity contribution in [3.63, 3.8) is 0 Å². The van der Waals surface area contributed by atoms with Crippen LogP contribution in [0.5, 0.6) is 5.75 Å². The predicted molar refractivity (Wildman–Crippen MR) is 155 cm³/mol. The van der Waals surface area contributed by atoms with Crippen LogP contribution in [0.3, 0.4) is 0 Å². The van der Waals surface area contributed by atoms with E-state index in [0.717, 1.165) is 28.6 Å². The summed E-state index contributed by atoms with van der Waals surface area (Å²) in [6.07, 6.45) is 5.82. The van der Waals surface area contributed by atoms with Gasteiger partial charge in [0.25, 0.3) is 0 Å². The molecule has 3 heterocycles. The van der Waals surface area contributed by atoms with Gasteiger partial charge in [-0.25, -0.2) is 4.90 Å². The van der Waals surface area contributed by atoms with E-state index in [4.69, 9.17) is 16.3 Å². The van der Waals surface area contributed by atoms with Gasteiger partial charge in [-0.15, -0.1) is 0 Å². The lowest BCUT2D eigenvalue weighted by molar-refractivity contribution is -0.122. The number of amides is 2. The molecule has 2 amide bonds. The number of carbonyl (C=O) groups excluding carboxylic acids is 3. The van der Waals surface area contributed by atoms with Crippen LogP contribution < -0.4 is 14.5 Å². The fraction of sp³-hybridized carbons (Fsp3) is 0.258. The van der Waals surface area contributed by atoms with Crippen LogP contribution in [0, 0.1) is 11.8 Å². The zero-order valence-electron chi connectivity index (χ0n) is 21.2. The van der Waals surface area contributed by atoms with E-state index in [1.54, 1.807) is 54.6 Å². The highest BCUT2D eigenvalue weighted by atomic mass is 79.9. The normalized spacial score (nSPS) is 23.1. The van der Waals surface area contributed by atoms with Crippen LogP contribution in [-0.2, 0) is 9.59 Å². The molecule has 6 nitrogen and oxygen atoms in total. The molecule has 39 heavy (non-hydrogen) atoms. The van der Waals surface area contributed by atoms with Gasteiger partial charge in [0.05, 0.1) is 30.2 Å². The predicted octanol–water partition coefficient (Wildman–Crippen LogP) is 6.55. The van der Waals surface area contributed by atoms with Gasteiger partial charge in [-0.3, -0.25) is 14.4 Å². The molecule has 3 aliphatic heterocycles. The Kier molecular flexibility index (Phi) is 6.81. The maximum Gasteiger partial charge on any atom is 0.240 e. The minimum atomic E-state index is -0.843. The molecule has 3 aliphatic rings. The van der Waals surface area contributed by atoms with Crippen molar-refractivity contribution in [2.24, 2.45) is 11.8 Å². The zero-order chi connectivity index (χ0) is 27.3. The number of unbranched alkanes of at least 4 members (excludes halogenated alkanes) is 1. The maximum atomic E-state index is 14.1. The number of imide groups is 1.